The average molecular weight is 413 g/mol. The second kappa shape index (κ2) is 8.72. The summed E-state index contributed by atoms with van der Waals surface area (Å²) in [5, 5.41) is 7.70. The number of hydrogen-bond donors (Lipinski definition) is 1. The number of methoxy groups -OCH3 is 1. The second-order valence-corrected chi connectivity index (χ2v) is 9.82. The number of H-pyrrole nitrogens is 1. The molecule has 27 heavy (non-hydrogen) atoms. The van der Waals surface area contributed by atoms with Gasteiger partial charge in [0.15, 0.2) is 27.3 Å². The Morgan fingerprint density at radius 2 is 1.59 bits per heavy atom. The number of hydrogen-bond acceptors (Lipinski definition) is 8. The van der Waals surface area contributed by atoms with Gasteiger partial charge in [0.05, 0.1) is 24.6 Å². The lowest BCUT2D eigenvalue weighted by Gasteiger charge is -2.28. The van der Waals surface area contributed by atoms with Crippen LogP contribution >= 0.6 is 23.6 Å². The third kappa shape index (κ3) is 5.78. The molecule has 0 unspecified atom stereocenters. The summed E-state index contributed by atoms with van der Waals surface area (Å²) in [6.07, 6.45) is 0. The van der Waals surface area contributed by atoms with Crippen LogP contribution in [0.3, 0.4) is 0 Å². The van der Waals surface area contributed by atoms with Gasteiger partial charge in [0, 0.05) is 17.9 Å². The van der Waals surface area contributed by atoms with Gasteiger partial charge in [0.1, 0.15) is 0 Å². The minimum Gasteiger partial charge on any atom is -0.464 e. The molecule has 0 bridgehead atoms. The molecule has 2 aromatic heterocycles. The van der Waals surface area contributed by atoms with Gasteiger partial charge in [-0.2, -0.15) is 5.10 Å². The van der Waals surface area contributed by atoms with Crippen LogP contribution in [0.15, 0.2) is 0 Å². The highest BCUT2D eigenvalue weighted by molar-refractivity contribution is 7.73. The first-order chi connectivity index (χ1) is 12.5. The van der Waals surface area contributed by atoms with Crippen LogP contribution in [0, 0.1) is 3.95 Å². The van der Waals surface area contributed by atoms with Crippen molar-refractivity contribution in [2.45, 2.75) is 52.4 Å². The molecule has 2 rings (SSSR count). The van der Waals surface area contributed by atoms with Crippen LogP contribution in [0.5, 0.6) is 5.75 Å². The van der Waals surface area contributed by atoms with E-state index < -0.39 is 0 Å². The molecular weight excluding hydrogens is 384 g/mol. The maximum Gasteiger partial charge on any atom is 0.191 e. The molecule has 0 aliphatic heterocycles. The highest BCUT2D eigenvalue weighted by Crippen LogP contribution is 2.39. The fourth-order valence-corrected chi connectivity index (χ4v) is 3.15. The minimum absolute atomic E-state index is 0.111. The minimum atomic E-state index is -0.253. The molecule has 9 heteroatoms. The van der Waals surface area contributed by atoms with Crippen LogP contribution in [0.25, 0.3) is 10.8 Å². The topological polar surface area (TPSA) is 82.1 Å². The molecule has 7 nitrogen and oxygen atoms in total. The van der Waals surface area contributed by atoms with Gasteiger partial charge in [-0.1, -0.05) is 52.9 Å². The van der Waals surface area contributed by atoms with Gasteiger partial charge < -0.3 is 14.2 Å². The smallest absolute Gasteiger partial charge is 0.191 e. The fraction of sp³-hybridized carbons (Fsp3) is 0.667. The van der Waals surface area contributed by atoms with E-state index in [-0.39, 0.29) is 17.6 Å². The Kier molecular flexibility index (Phi) is 7.07. The SMILES string of the molecule is COCCOCOc1c(C(C)(C)C)nc(-c2n[nH]c(=S)s2)nc1C(C)(C)C. The molecule has 2 aromatic rings. The Morgan fingerprint density at radius 3 is 2.04 bits per heavy atom. The maximum atomic E-state index is 6.02. The molecule has 0 aliphatic rings. The van der Waals surface area contributed by atoms with Crippen LogP contribution < -0.4 is 4.74 Å². The van der Waals surface area contributed by atoms with Crippen molar-refractivity contribution in [1.29, 1.82) is 0 Å². The summed E-state index contributed by atoms with van der Waals surface area (Å²) in [6.45, 7) is 13.6. The van der Waals surface area contributed by atoms with Crippen LogP contribution in [0.1, 0.15) is 52.9 Å². The van der Waals surface area contributed by atoms with E-state index in [1.165, 1.54) is 11.3 Å². The van der Waals surface area contributed by atoms with E-state index in [0.717, 1.165) is 11.4 Å². The van der Waals surface area contributed by atoms with Gasteiger partial charge in [0.25, 0.3) is 0 Å². The quantitative estimate of drug-likeness (QED) is 0.413. The van der Waals surface area contributed by atoms with Crippen molar-refractivity contribution in [3.8, 4) is 16.6 Å². The van der Waals surface area contributed by atoms with E-state index in [4.69, 9.17) is 36.4 Å². The standard InChI is InChI=1S/C18H28N4O3S2/c1-17(2,3)12-11(25-10-24-9-8-23-7)13(18(4,5)6)20-14(19-12)15-21-22-16(26)27-15/h8-10H2,1-7H3,(H,22,26). The van der Waals surface area contributed by atoms with Crippen molar-refractivity contribution in [2.75, 3.05) is 27.1 Å². The van der Waals surface area contributed by atoms with E-state index in [1.807, 2.05) is 0 Å². The molecule has 0 aromatic carbocycles. The Balaban J connectivity index is 2.53. The fourth-order valence-electron chi connectivity index (χ4n) is 2.33. The van der Waals surface area contributed by atoms with Gasteiger partial charge in [-0.3, -0.25) is 5.10 Å². The number of aromatic nitrogens is 4. The molecule has 0 spiro atoms. The molecular formula is C18H28N4O3S2. The number of nitrogens with zero attached hydrogens (tertiary/aromatic N) is 3. The van der Waals surface area contributed by atoms with Crippen molar-refractivity contribution in [3.63, 3.8) is 0 Å². The zero-order valence-electron chi connectivity index (χ0n) is 17.0. The normalized spacial score (nSPS) is 12.4. The first-order valence-electron chi connectivity index (χ1n) is 8.72. The lowest BCUT2D eigenvalue weighted by Crippen LogP contribution is -2.24. The highest BCUT2D eigenvalue weighted by Gasteiger charge is 2.31. The largest absolute Gasteiger partial charge is 0.464 e. The van der Waals surface area contributed by atoms with Crippen molar-refractivity contribution < 1.29 is 14.2 Å². The van der Waals surface area contributed by atoms with E-state index in [1.54, 1.807) is 7.11 Å². The van der Waals surface area contributed by atoms with E-state index in [9.17, 15) is 0 Å². The third-order valence-corrected chi connectivity index (χ3v) is 4.72. The van der Waals surface area contributed by atoms with Gasteiger partial charge >= 0.3 is 0 Å². The number of nitrogens with one attached hydrogen (secondary N) is 1. The Hall–Kier alpha value is -1.42. The second-order valence-electron chi connectivity index (χ2n) is 8.16. The van der Waals surface area contributed by atoms with E-state index in [2.05, 4.69) is 51.7 Å². The van der Waals surface area contributed by atoms with Gasteiger partial charge in [0.2, 0.25) is 0 Å². The average Bonchev–Trinajstić information content (AvgIpc) is 2.99. The first-order valence-corrected chi connectivity index (χ1v) is 9.95. The van der Waals surface area contributed by atoms with Crippen LogP contribution in [0.2, 0.25) is 0 Å². The Morgan fingerprint density at radius 1 is 1.00 bits per heavy atom. The van der Waals surface area contributed by atoms with Crippen LogP contribution in [-0.4, -0.2) is 47.3 Å². The molecule has 0 aliphatic carbocycles. The molecule has 0 amide bonds. The Bertz CT molecular complexity index is 784. The molecule has 0 radical (unpaired) electrons. The van der Waals surface area contributed by atoms with Gasteiger partial charge in [-0.15, -0.1) is 0 Å². The van der Waals surface area contributed by atoms with Crippen LogP contribution in [0.4, 0.5) is 0 Å². The summed E-state index contributed by atoms with van der Waals surface area (Å²) < 4.78 is 17.1. The predicted octanol–water partition coefficient (Wildman–Crippen LogP) is 4.25. The highest BCUT2D eigenvalue weighted by atomic mass is 32.1. The maximum absolute atomic E-state index is 6.02. The number of ether oxygens (including phenoxy) is 3. The van der Waals surface area contributed by atoms with Gasteiger partial charge in [-0.25, -0.2) is 9.97 Å². The summed E-state index contributed by atoms with van der Waals surface area (Å²) in [5.41, 5.74) is 1.12. The predicted molar refractivity (Wildman–Crippen MR) is 109 cm³/mol. The van der Waals surface area contributed by atoms with Crippen LogP contribution in [-0.2, 0) is 20.3 Å². The molecule has 2 heterocycles. The molecule has 0 fully saturated rings. The lowest BCUT2D eigenvalue weighted by atomic mass is 9.85. The van der Waals surface area contributed by atoms with Crippen molar-refractivity contribution in [3.05, 3.63) is 15.3 Å². The lowest BCUT2D eigenvalue weighted by molar-refractivity contribution is -0.0104. The number of rotatable bonds is 7. The zero-order chi connectivity index (χ0) is 20.2. The summed E-state index contributed by atoms with van der Waals surface area (Å²) in [6, 6.07) is 0. The first kappa shape index (κ1) is 21.9. The molecule has 0 atom stereocenters. The molecule has 150 valence electrons. The summed E-state index contributed by atoms with van der Waals surface area (Å²) in [5.74, 6) is 1.21. The van der Waals surface area contributed by atoms with Crippen molar-refractivity contribution in [2.24, 2.45) is 0 Å². The van der Waals surface area contributed by atoms with E-state index >= 15 is 0 Å². The number of aromatic amines is 1. The van der Waals surface area contributed by atoms with E-state index in [0.29, 0.717) is 33.7 Å². The third-order valence-electron chi connectivity index (χ3n) is 3.63. The van der Waals surface area contributed by atoms with Gasteiger partial charge in [-0.05, 0) is 12.2 Å². The summed E-state index contributed by atoms with van der Waals surface area (Å²) in [4.78, 5) is 9.56. The summed E-state index contributed by atoms with van der Waals surface area (Å²) in [7, 11) is 1.64. The molecule has 0 saturated carbocycles. The van der Waals surface area contributed by atoms with Crippen molar-refractivity contribution >= 4 is 23.6 Å². The monoisotopic (exact) mass is 412 g/mol. The Labute approximate surface area is 169 Å². The van der Waals surface area contributed by atoms with Crippen molar-refractivity contribution in [1.82, 2.24) is 20.2 Å². The molecule has 1 N–H and O–H groups in total. The molecule has 0 saturated heterocycles. The summed E-state index contributed by atoms with van der Waals surface area (Å²) >= 11 is 6.51. The zero-order valence-corrected chi connectivity index (χ0v) is 18.6.